The third kappa shape index (κ3) is 1.04. The lowest BCUT2D eigenvalue weighted by Gasteiger charge is -1.98. The first-order valence-electron chi connectivity index (χ1n) is 2.82. The zero-order valence-electron chi connectivity index (χ0n) is 5.55. The summed E-state index contributed by atoms with van der Waals surface area (Å²) in [6, 6.07) is 0. The number of allylic oxidation sites excluding steroid dienone is 1. The van der Waals surface area contributed by atoms with Gasteiger partial charge < -0.3 is 9.64 Å². The lowest BCUT2D eigenvalue weighted by atomic mass is 10.5. The summed E-state index contributed by atoms with van der Waals surface area (Å²) in [5.74, 6) is 0.738. The van der Waals surface area contributed by atoms with E-state index in [1.54, 1.807) is 13.1 Å². The molecule has 3 nitrogen and oxygen atoms in total. The number of likely N-dealkylation sites (N-methyl/N-ethyl adjacent to an activating group) is 1. The topological polar surface area (TPSA) is 29.5 Å². The Bertz CT molecular complexity index is 162. The van der Waals surface area contributed by atoms with E-state index in [1.807, 2.05) is 6.92 Å². The van der Waals surface area contributed by atoms with E-state index >= 15 is 0 Å². The summed E-state index contributed by atoms with van der Waals surface area (Å²) in [5.41, 5.74) is 0. The Morgan fingerprint density at radius 3 is 2.67 bits per heavy atom. The Kier molecular flexibility index (Phi) is 1.42. The van der Waals surface area contributed by atoms with Gasteiger partial charge in [0.25, 0.3) is 0 Å². The van der Waals surface area contributed by atoms with E-state index in [2.05, 4.69) is 0 Å². The van der Waals surface area contributed by atoms with Crippen molar-refractivity contribution >= 4 is 6.09 Å². The first kappa shape index (κ1) is 6.13. The molecule has 1 fully saturated rings. The second-order valence-corrected chi connectivity index (χ2v) is 1.98. The molecule has 0 unspecified atom stereocenters. The van der Waals surface area contributed by atoms with Crippen LogP contribution in [-0.2, 0) is 4.74 Å². The van der Waals surface area contributed by atoms with Crippen LogP contribution in [0.1, 0.15) is 6.92 Å². The molecule has 0 spiro atoms. The molecule has 9 heavy (non-hydrogen) atoms. The smallest absolute Gasteiger partial charge is 0.413 e. The molecule has 1 amide bonds. The number of ether oxygens (including phenoxy) is 1. The normalized spacial score (nSPS) is 23.1. The number of cyclic esters (lactones) is 1. The summed E-state index contributed by atoms with van der Waals surface area (Å²) >= 11 is 0. The van der Waals surface area contributed by atoms with Gasteiger partial charge in [0.2, 0.25) is 0 Å². The first-order chi connectivity index (χ1) is 4.24. The molecule has 1 heterocycles. The molecule has 1 aliphatic heterocycles. The molecular formula is C6H9NO2. The maximum Gasteiger partial charge on any atom is 0.415 e. The van der Waals surface area contributed by atoms with Gasteiger partial charge in [0.05, 0.1) is 6.54 Å². The van der Waals surface area contributed by atoms with Gasteiger partial charge in [-0.15, -0.1) is 0 Å². The molecule has 0 saturated carbocycles. The van der Waals surface area contributed by atoms with Crippen LogP contribution in [0, 0.1) is 0 Å². The highest BCUT2D eigenvalue weighted by Gasteiger charge is 2.21. The summed E-state index contributed by atoms with van der Waals surface area (Å²) < 4.78 is 4.77. The van der Waals surface area contributed by atoms with Crippen molar-refractivity contribution in [1.82, 2.24) is 4.90 Å². The largest absolute Gasteiger partial charge is 0.415 e. The molecule has 0 atom stereocenters. The molecule has 50 valence electrons. The summed E-state index contributed by atoms with van der Waals surface area (Å²) in [6.07, 6.45) is 1.53. The van der Waals surface area contributed by atoms with Crippen LogP contribution in [0.15, 0.2) is 11.8 Å². The number of nitrogens with zero attached hydrogens (tertiary/aromatic N) is 1. The number of carbonyl (C=O) groups is 1. The van der Waals surface area contributed by atoms with Gasteiger partial charge >= 0.3 is 6.09 Å². The molecule has 3 heteroatoms. The van der Waals surface area contributed by atoms with Crippen LogP contribution in [0.5, 0.6) is 0 Å². The molecule has 1 aliphatic rings. The average Bonchev–Trinajstić information content (AvgIpc) is 2.13. The van der Waals surface area contributed by atoms with Gasteiger partial charge in [0.1, 0.15) is 5.76 Å². The van der Waals surface area contributed by atoms with Crippen LogP contribution in [0.2, 0.25) is 0 Å². The Hall–Kier alpha value is -0.990. The van der Waals surface area contributed by atoms with Crippen LogP contribution in [0.4, 0.5) is 4.79 Å². The maximum absolute atomic E-state index is 10.6. The Labute approximate surface area is 53.9 Å². The zero-order valence-corrected chi connectivity index (χ0v) is 5.55. The van der Waals surface area contributed by atoms with Crippen molar-refractivity contribution in [2.45, 2.75) is 6.92 Å². The van der Waals surface area contributed by atoms with E-state index in [0.29, 0.717) is 6.54 Å². The van der Waals surface area contributed by atoms with E-state index in [-0.39, 0.29) is 6.09 Å². The minimum atomic E-state index is -0.261. The van der Waals surface area contributed by atoms with E-state index in [9.17, 15) is 4.79 Å². The van der Waals surface area contributed by atoms with Gasteiger partial charge in [-0.25, -0.2) is 4.79 Å². The van der Waals surface area contributed by atoms with Crippen LogP contribution in [0.3, 0.4) is 0 Å². The maximum atomic E-state index is 10.6. The third-order valence-corrected chi connectivity index (χ3v) is 1.25. The van der Waals surface area contributed by atoms with Gasteiger partial charge in [-0.1, -0.05) is 0 Å². The summed E-state index contributed by atoms with van der Waals surface area (Å²) in [5, 5.41) is 0. The van der Waals surface area contributed by atoms with Gasteiger partial charge in [0.15, 0.2) is 0 Å². The van der Waals surface area contributed by atoms with E-state index in [0.717, 1.165) is 5.76 Å². The van der Waals surface area contributed by atoms with Crippen molar-refractivity contribution in [2.75, 3.05) is 13.6 Å². The van der Waals surface area contributed by atoms with E-state index in [4.69, 9.17) is 4.74 Å². The predicted molar refractivity (Wildman–Crippen MR) is 32.9 cm³/mol. The fourth-order valence-electron chi connectivity index (χ4n) is 0.671. The lowest BCUT2D eigenvalue weighted by Crippen LogP contribution is -2.17. The average molecular weight is 127 g/mol. The highest BCUT2D eigenvalue weighted by Crippen LogP contribution is 2.10. The molecule has 0 N–H and O–H groups in total. The van der Waals surface area contributed by atoms with E-state index in [1.165, 1.54) is 4.90 Å². The van der Waals surface area contributed by atoms with Crippen LogP contribution >= 0.6 is 0 Å². The molecule has 0 aliphatic carbocycles. The minimum absolute atomic E-state index is 0.261. The second-order valence-electron chi connectivity index (χ2n) is 1.98. The second kappa shape index (κ2) is 2.09. The summed E-state index contributed by atoms with van der Waals surface area (Å²) in [6.45, 7) is 2.46. The van der Waals surface area contributed by atoms with Gasteiger partial charge in [0, 0.05) is 7.05 Å². The molecule has 0 aromatic carbocycles. The molecule has 0 aromatic rings. The molecule has 1 rings (SSSR count). The number of hydrogen-bond acceptors (Lipinski definition) is 2. The van der Waals surface area contributed by atoms with Crippen molar-refractivity contribution in [3.8, 4) is 0 Å². The zero-order chi connectivity index (χ0) is 6.85. The van der Waals surface area contributed by atoms with Crippen molar-refractivity contribution in [1.29, 1.82) is 0 Å². The number of rotatable bonds is 0. The predicted octanol–water partition coefficient (Wildman–Crippen LogP) is 0.972. The van der Waals surface area contributed by atoms with Crippen LogP contribution < -0.4 is 0 Å². The standard InChI is InChI=1S/C6H9NO2/c1-3-5-4-7(2)6(8)9-5/h3H,4H2,1-2H3. The minimum Gasteiger partial charge on any atom is -0.413 e. The van der Waals surface area contributed by atoms with Crippen LogP contribution in [-0.4, -0.2) is 24.6 Å². The SMILES string of the molecule is CC=C1CN(C)C(=O)O1. The molecular weight excluding hydrogens is 118 g/mol. The van der Waals surface area contributed by atoms with Crippen LogP contribution in [0.25, 0.3) is 0 Å². The molecule has 0 aromatic heterocycles. The highest BCUT2D eigenvalue weighted by atomic mass is 16.6. The molecule has 0 radical (unpaired) electrons. The van der Waals surface area contributed by atoms with Crippen molar-refractivity contribution in [3.05, 3.63) is 11.8 Å². The lowest BCUT2D eigenvalue weighted by molar-refractivity contribution is 0.175. The first-order valence-corrected chi connectivity index (χ1v) is 2.82. The Morgan fingerprint density at radius 1 is 1.78 bits per heavy atom. The van der Waals surface area contributed by atoms with Gasteiger partial charge in [-0.2, -0.15) is 0 Å². The summed E-state index contributed by atoms with van der Waals surface area (Å²) in [7, 11) is 1.71. The number of hydrogen-bond donors (Lipinski definition) is 0. The number of amides is 1. The monoisotopic (exact) mass is 127 g/mol. The molecule has 0 bridgehead atoms. The number of carbonyl (C=O) groups excluding carboxylic acids is 1. The quantitative estimate of drug-likeness (QED) is 0.485. The van der Waals surface area contributed by atoms with Crippen molar-refractivity contribution in [3.63, 3.8) is 0 Å². The molecule has 1 saturated heterocycles. The fourth-order valence-corrected chi connectivity index (χ4v) is 0.671. The highest BCUT2D eigenvalue weighted by molar-refractivity contribution is 5.71. The summed E-state index contributed by atoms with van der Waals surface area (Å²) in [4.78, 5) is 12.1. The fraction of sp³-hybridized carbons (Fsp3) is 0.500. The van der Waals surface area contributed by atoms with Gasteiger partial charge in [-0.3, -0.25) is 0 Å². The third-order valence-electron chi connectivity index (χ3n) is 1.25. The van der Waals surface area contributed by atoms with Gasteiger partial charge in [-0.05, 0) is 13.0 Å². The Balaban J connectivity index is 2.65. The van der Waals surface area contributed by atoms with Crippen molar-refractivity contribution < 1.29 is 9.53 Å². The van der Waals surface area contributed by atoms with E-state index < -0.39 is 0 Å². The van der Waals surface area contributed by atoms with Crippen molar-refractivity contribution in [2.24, 2.45) is 0 Å². The Morgan fingerprint density at radius 2 is 2.44 bits per heavy atom.